The Balaban J connectivity index is 2.53. The second-order valence-corrected chi connectivity index (χ2v) is 5.22. The minimum atomic E-state index is 0.478. The zero-order chi connectivity index (χ0) is 13.5. The summed E-state index contributed by atoms with van der Waals surface area (Å²) < 4.78 is 5.82. The minimum absolute atomic E-state index is 0.478. The largest absolute Gasteiger partial charge is 0.463 e. The fraction of sp³-hybridized carbons (Fsp3) is 0.600. The molecule has 0 aliphatic heterocycles. The molecule has 0 radical (unpaired) electrons. The SMILES string of the molecule is C=CCN(Cc1ccc(CNC(C)C)o1)C(C)C. The smallest absolute Gasteiger partial charge is 0.118 e. The predicted molar refractivity (Wildman–Crippen MR) is 76.4 cm³/mol. The van der Waals surface area contributed by atoms with Crippen molar-refractivity contribution in [2.45, 2.75) is 52.9 Å². The first-order chi connectivity index (χ1) is 8.52. The quantitative estimate of drug-likeness (QED) is 0.718. The molecule has 0 saturated carbocycles. The highest BCUT2D eigenvalue weighted by molar-refractivity contribution is 5.07. The third-order valence-corrected chi connectivity index (χ3v) is 2.85. The van der Waals surface area contributed by atoms with E-state index in [0.29, 0.717) is 12.1 Å². The van der Waals surface area contributed by atoms with E-state index in [2.05, 4.69) is 56.6 Å². The molecule has 0 aromatic carbocycles. The third kappa shape index (κ3) is 5.07. The summed E-state index contributed by atoms with van der Waals surface area (Å²) in [6.07, 6.45) is 1.93. The summed E-state index contributed by atoms with van der Waals surface area (Å²) in [4.78, 5) is 2.32. The highest BCUT2D eigenvalue weighted by atomic mass is 16.3. The molecule has 0 atom stereocenters. The van der Waals surface area contributed by atoms with Crippen molar-refractivity contribution in [1.29, 1.82) is 0 Å². The van der Waals surface area contributed by atoms with Crippen molar-refractivity contribution in [2.75, 3.05) is 6.54 Å². The van der Waals surface area contributed by atoms with Crippen molar-refractivity contribution in [3.63, 3.8) is 0 Å². The van der Waals surface area contributed by atoms with Gasteiger partial charge in [0, 0.05) is 18.6 Å². The van der Waals surface area contributed by atoms with Crippen LogP contribution in [0.4, 0.5) is 0 Å². The molecule has 0 fully saturated rings. The van der Waals surface area contributed by atoms with Gasteiger partial charge in [0.25, 0.3) is 0 Å². The molecule has 3 heteroatoms. The lowest BCUT2D eigenvalue weighted by Gasteiger charge is -2.23. The molecule has 18 heavy (non-hydrogen) atoms. The lowest BCUT2D eigenvalue weighted by Crippen LogP contribution is -2.30. The van der Waals surface area contributed by atoms with Gasteiger partial charge in [-0.25, -0.2) is 0 Å². The summed E-state index contributed by atoms with van der Waals surface area (Å²) in [6, 6.07) is 5.09. The van der Waals surface area contributed by atoms with Crippen LogP contribution in [0.15, 0.2) is 29.2 Å². The molecular formula is C15H26N2O. The van der Waals surface area contributed by atoms with Crippen LogP contribution in [0.3, 0.4) is 0 Å². The molecule has 0 aliphatic carbocycles. The number of hydrogen-bond donors (Lipinski definition) is 1. The highest BCUT2D eigenvalue weighted by Gasteiger charge is 2.11. The van der Waals surface area contributed by atoms with E-state index in [4.69, 9.17) is 4.42 Å². The summed E-state index contributed by atoms with van der Waals surface area (Å²) >= 11 is 0. The maximum atomic E-state index is 5.82. The summed E-state index contributed by atoms with van der Waals surface area (Å²) in [5, 5.41) is 3.35. The van der Waals surface area contributed by atoms with E-state index in [9.17, 15) is 0 Å². The third-order valence-electron chi connectivity index (χ3n) is 2.85. The maximum Gasteiger partial charge on any atom is 0.118 e. The Bertz CT molecular complexity index is 355. The lowest BCUT2D eigenvalue weighted by atomic mass is 10.3. The molecule has 0 spiro atoms. The fourth-order valence-corrected chi connectivity index (χ4v) is 1.73. The van der Waals surface area contributed by atoms with Gasteiger partial charge in [-0.3, -0.25) is 4.90 Å². The number of nitrogens with one attached hydrogen (secondary N) is 1. The average molecular weight is 250 g/mol. The van der Waals surface area contributed by atoms with Crippen LogP contribution in [0.1, 0.15) is 39.2 Å². The van der Waals surface area contributed by atoms with Crippen LogP contribution < -0.4 is 5.32 Å². The summed E-state index contributed by atoms with van der Waals surface area (Å²) in [6.45, 7) is 15.0. The van der Waals surface area contributed by atoms with E-state index in [-0.39, 0.29) is 0 Å². The van der Waals surface area contributed by atoms with Gasteiger partial charge in [-0.1, -0.05) is 19.9 Å². The monoisotopic (exact) mass is 250 g/mol. The van der Waals surface area contributed by atoms with E-state index in [1.807, 2.05) is 6.08 Å². The Kier molecular flexibility index (Phi) is 6.16. The van der Waals surface area contributed by atoms with Crippen LogP contribution in [0.25, 0.3) is 0 Å². The van der Waals surface area contributed by atoms with Gasteiger partial charge in [-0.15, -0.1) is 6.58 Å². The van der Waals surface area contributed by atoms with Crippen LogP contribution >= 0.6 is 0 Å². The lowest BCUT2D eigenvalue weighted by molar-refractivity contribution is 0.216. The number of hydrogen-bond acceptors (Lipinski definition) is 3. The molecule has 0 bridgehead atoms. The normalized spacial score (nSPS) is 11.7. The van der Waals surface area contributed by atoms with Crippen LogP contribution in [-0.4, -0.2) is 23.5 Å². The Labute approximate surface area is 111 Å². The minimum Gasteiger partial charge on any atom is -0.463 e. The summed E-state index contributed by atoms with van der Waals surface area (Å²) in [5.41, 5.74) is 0. The summed E-state index contributed by atoms with van der Waals surface area (Å²) in [5.74, 6) is 2.02. The second-order valence-electron chi connectivity index (χ2n) is 5.22. The van der Waals surface area contributed by atoms with Gasteiger partial charge in [-0.2, -0.15) is 0 Å². The van der Waals surface area contributed by atoms with Crippen molar-refractivity contribution >= 4 is 0 Å². The molecule has 1 aromatic heterocycles. The maximum absolute atomic E-state index is 5.82. The molecule has 0 aliphatic rings. The van der Waals surface area contributed by atoms with Crippen molar-refractivity contribution in [3.05, 3.63) is 36.3 Å². The molecule has 102 valence electrons. The van der Waals surface area contributed by atoms with E-state index < -0.39 is 0 Å². The van der Waals surface area contributed by atoms with Crippen LogP contribution in [0, 0.1) is 0 Å². The zero-order valence-corrected chi connectivity index (χ0v) is 12.1. The Morgan fingerprint density at radius 1 is 1.28 bits per heavy atom. The van der Waals surface area contributed by atoms with Gasteiger partial charge in [-0.05, 0) is 26.0 Å². The van der Waals surface area contributed by atoms with E-state index in [1.165, 1.54) is 0 Å². The predicted octanol–water partition coefficient (Wildman–Crippen LogP) is 3.17. The van der Waals surface area contributed by atoms with Crippen LogP contribution in [0.2, 0.25) is 0 Å². The molecule has 0 unspecified atom stereocenters. The standard InChI is InChI=1S/C15H26N2O/c1-6-9-17(13(4)5)11-15-8-7-14(18-15)10-16-12(2)3/h6-8,12-13,16H,1,9-11H2,2-5H3. The van der Waals surface area contributed by atoms with Gasteiger partial charge in [0.1, 0.15) is 11.5 Å². The number of nitrogens with zero attached hydrogens (tertiary/aromatic N) is 1. The Morgan fingerprint density at radius 3 is 2.50 bits per heavy atom. The molecule has 1 aromatic rings. The van der Waals surface area contributed by atoms with Gasteiger partial charge >= 0.3 is 0 Å². The topological polar surface area (TPSA) is 28.4 Å². The van der Waals surface area contributed by atoms with Gasteiger partial charge in [0.15, 0.2) is 0 Å². The molecule has 3 nitrogen and oxygen atoms in total. The highest BCUT2D eigenvalue weighted by Crippen LogP contribution is 2.12. The van der Waals surface area contributed by atoms with Gasteiger partial charge < -0.3 is 9.73 Å². The van der Waals surface area contributed by atoms with Crippen LogP contribution in [0.5, 0.6) is 0 Å². The second kappa shape index (κ2) is 7.39. The fourth-order valence-electron chi connectivity index (χ4n) is 1.73. The molecule has 1 N–H and O–H groups in total. The molecule has 1 rings (SSSR count). The van der Waals surface area contributed by atoms with Gasteiger partial charge in [0.05, 0.1) is 13.1 Å². The average Bonchev–Trinajstić information content (AvgIpc) is 2.73. The first-order valence-corrected chi connectivity index (χ1v) is 6.68. The van der Waals surface area contributed by atoms with Crippen molar-refractivity contribution in [3.8, 4) is 0 Å². The molecule has 1 heterocycles. The number of rotatable bonds is 8. The zero-order valence-electron chi connectivity index (χ0n) is 12.1. The Morgan fingerprint density at radius 2 is 1.94 bits per heavy atom. The molecule has 0 saturated heterocycles. The first-order valence-electron chi connectivity index (χ1n) is 6.68. The number of furan rings is 1. The van der Waals surface area contributed by atoms with Crippen molar-refractivity contribution in [1.82, 2.24) is 10.2 Å². The van der Waals surface area contributed by atoms with Gasteiger partial charge in [0.2, 0.25) is 0 Å². The van der Waals surface area contributed by atoms with E-state index in [1.54, 1.807) is 0 Å². The summed E-state index contributed by atoms with van der Waals surface area (Å²) in [7, 11) is 0. The van der Waals surface area contributed by atoms with E-state index in [0.717, 1.165) is 31.2 Å². The van der Waals surface area contributed by atoms with Crippen LogP contribution in [-0.2, 0) is 13.1 Å². The van der Waals surface area contributed by atoms with Crippen molar-refractivity contribution < 1.29 is 4.42 Å². The first kappa shape index (κ1) is 15.0. The molecule has 0 amide bonds. The molecular weight excluding hydrogens is 224 g/mol. The van der Waals surface area contributed by atoms with Crippen molar-refractivity contribution in [2.24, 2.45) is 0 Å². The van der Waals surface area contributed by atoms with E-state index >= 15 is 0 Å². The Hall–Kier alpha value is -1.06.